The molecule has 6 heteroatoms. The number of hydrogen-bond donors (Lipinski definition) is 1. The van der Waals surface area contributed by atoms with Crippen molar-refractivity contribution < 1.29 is 14.7 Å². The quantitative estimate of drug-likeness (QED) is 0.580. The lowest BCUT2D eigenvalue weighted by Crippen LogP contribution is -2.43. The summed E-state index contributed by atoms with van der Waals surface area (Å²) in [6.07, 6.45) is 4.40. The number of nitrogens with zero attached hydrogens (tertiary/aromatic N) is 3. The number of carbonyl (C=O) groups is 2. The van der Waals surface area contributed by atoms with E-state index in [1.807, 2.05) is 24.3 Å². The lowest BCUT2D eigenvalue weighted by Gasteiger charge is -2.28. The molecule has 0 radical (unpaired) electrons. The normalized spacial score (nSPS) is 30.6. The van der Waals surface area contributed by atoms with Crippen LogP contribution in [0, 0.1) is 46.3 Å². The first-order valence-electron chi connectivity index (χ1n) is 6.04. The molecular weight excluding hydrogens is 246 g/mol. The van der Waals surface area contributed by atoms with Gasteiger partial charge in [0.2, 0.25) is 5.91 Å². The van der Waals surface area contributed by atoms with Crippen LogP contribution in [0.3, 0.4) is 0 Å². The molecule has 0 aromatic heterocycles. The Hall–Kier alpha value is -2.34. The molecule has 0 spiro atoms. The van der Waals surface area contributed by atoms with Crippen LogP contribution in [0.5, 0.6) is 0 Å². The van der Waals surface area contributed by atoms with Crippen molar-refractivity contribution in [3.8, 4) is 12.1 Å². The topological polar surface area (TPSA) is 105 Å². The minimum atomic E-state index is -0.982. The number of carboxylic acid groups (broad SMARTS) is 1. The zero-order chi connectivity index (χ0) is 14.0. The molecule has 2 aliphatic rings. The first kappa shape index (κ1) is 13.1. The smallest absolute Gasteiger partial charge is 0.307 e. The average molecular weight is 259 g/mol. The monoisotopic (exact) mass is 259 g/mol. The molecule has 4 atom stereocenters. The van der Waals surface area contributed by atoms with E-state index in [9.17, 15) is 14.7 Å². The van der Waals surface area contributed by atoms with E-state index in [0.717, 1.165) is 4.90 Å². The van der Waals surface area contributed by atoms with Gasteiger partial charge in [-0.3, -0.25) is 9.59 Å². The number of carboxylic acids is 1. The summed E-state index contributed by atoms with van der Waals surface area (Å²) in [5.74, 6) is -2.95. The fraction of sp³-hybridized carbons (Fsp3) is 0.538. The predicted octanol–water partition coefficient (Wildman–Crippen LogP) is 0.385. The maximum atomic E-state index is 12.4. The van der Waals surface area contributed by atoms with Crippen molar-refractivity contribution in [1.29, 1.82) is 10.5 Å². The summed E-state index contributed by atoms with van der Waals surface area (Å²) in [6.45, 7) is -0.368. The summed E-state index contributed by atoms with van der Waals surface area (Å²) in [7, 11) is 0. The fourth-order valence-electron chi connectivity index (χ4n) is 3.09. The number of amides is 1. The number of hydrogen-bond acceptors (Lipinski definition) is 4. The molecule has 2 rings (SSSR count). The molecule has 19 heavy (non-hydrogen) atoms. The van der Waals surface area contributed by atoms with Crippen LogP contribution in [0.25, 0.3) is 0 Å². The maximum Gasteiger partial charge on any atom is 0.307 e. The molecule has 4 unspecified atom stereocenters. The molecule has 0 aromatic rings. The first-order valence-corrected chi connectivity index (χ1v) is 6.04. The summed E-state index contributed by atoms with van der Waals surface area (Å²) < 4.78 is 0. The van der Waals surface area contributed by atoms with Gasteiger partial charge in [0.05, 0.1) is 24.0 Å². The summed E-state index contributed by atoms with van der Waals surface area (Å²) >= 11 is 0. The van der Waals surface area contributed by atoms with Crippen molar-refractivity contribution in [2.75, 3.05) is 13.1 Å². The molecule has 0 heterocycles. The molecule has 6 nitrogen and oxygen atoms in total. The highest BCUT2D eigenvalue weighted by Gasteiger charge is 2.52. The number of nitriles is 2. The van der Waals surface area contributed by atoms with Gasteiger partial charge in [-0.05, 0) is 18.3 Å². The third-order valence-corrected chi connectivity index (χ3v) is 3.86. The lowest BCUT2D eigenvalue weighted by atomic mass is 9.82. The number of fused-ring (bicyclic) bond motifs is 2. The SMILES string of the molecule is N#CCN(CC#N)C(=O)C1C2C=CC(C2)C1C(=O)O. The van der Waals surface area contributed by atoms with Crippen LogP contribution < -0.4 is 0 Å². The molecule has 1 amide bonds. The van der Waals surface area contributed by atoms with E-state index in [0.29, 0.717) is 6.42 Å². The molecule has 2 bridgehead atoms. The second kappa shape index (κ2) is 5.11. The number of rotatable bonds is 4. The van der Waals surface area contributed by atoms with Gasteiger partial charge in [-0.2, -0.15) is 10.5 Å². The van der Waals surface area contributed by atoms with E-state index < -0.39 is 23.7 Å². The Morgan fingerprint density at radius 3 is 2.16 bits per heavy atom. The van der Waals surface area contributed by atoms with Crippen molar-refractivity contribution in [3.05, 3.63) is 12.2 Å². The molecule has 1 saturated carbocycles. The Morgan fingerprint density at radius 2 is 1.68 bits per heavy atom. The molecule has 2 aliphatic carbocycles. The molecule has 1 N–H and O–H groups in total. The molecule has 0 aromatic carbocycles. The zero-order valence-electron chi connectivity index (χ0n) is 10.2. The van der Waals surface area contributed by atoms with E-state index in [2.05, 4.69) is 0 Å². The molecule has 98 valence electrons. The second-order valence-electron chi connectivity index (χ2n) is 4.85. The molecular formula is C13H13N3O3. The molecule has 0 saturated heterocycles. The van der Waals surface area contributed by atoms with Crippen LogP contribution in [0.4, 0.5) is 0 Å². The third-order valence-electron chi connectivity index (χ3n) is 3.86. The Labute approximate surface area is 110 Å². The van der Waals surface area contributed by atoms with Gasteiger partial charge < -0.3 is 10.0 Å². The Balaban J connectivity index is 2.22. The van der Waals surface area contributed by atoms with Gasteiger partial charge in [0, 0.05) is 0 Å². The zero-order valence-corrected chi connectivity index (χ0v) is 10.2. The van der Waals surface area contributed by atoms with Crippen LogP contribution >= 0.6 is 0 Å². The summed E-state index contributed by atoms with van der Waals surface area (Å²) in [6, 6.07) is 3.67. The van der Waals surface area contributed by atoms with E-state index in [-0.39, 0.29) is 24.9 Å². The van der Waals surface area contributed by atoms with Crippen LogP contribution in [-0.2, 0) is 9.59 Å². The van der Waals surface area contributed by atoms with Crippen LogP contribution in [0.2, 0.25) is 0 Å². The van der Waals surface area contributed by atoms with E-state index >= 15 is 0 Å². The van der Waals surface area contributed by atoms with Crippen LogP contribution in [-0.4, -0.2) is 35.0 Å². The van der Waals surface area contributed by atoms with Crippen molar-refractivity contribution in [2.24, 2.45) is 23.7 Å². The van der Waals surface area contributed by atoms with Gasteiger partial charge in [-0.15, -0.1) is 0 Å². The largest absolute Gasteiger partial charge is 0.481 e. The van der Waals surface area contributed by atoms with Crippen LogP contribution in [0.15, 0.2) is 12.2 Å². The van der Waals surface area contributed by atoms with Gasteiger partial charge in [0.15, 0.2) is 0 Å². The molecule has 1 fully saturated rings. The highest BCUT2D eigenvalue weighted by molar-refractivity contribution is 5.87. The fourth-order valence-corrected chi connectivity index (χ4v) is 3.09. The number of aliphatic carboxylic acids is 1. The van der Waals surface area contributed by atoms with Gasteiger partial charge >= 0.3 is 5.97 Å². The standard InChI is InChI=1S/C13H13N3O3/c14-3-5-16(6-4-15)12(17)10-8-1-2-9(7-8)11(10)13(18)19/h1-2,8-11H,5-7H2,(H,18,19). The first-order chi connectivity index (χ1) is 9.10. The van der Waals surface area contributed by atoms with Crippen molar-refractivity contribution in [3.63, 3.8) is 0 Å². The average Bonchev–Trinajstić information content (AvgIpc) is 2.97. The van der Waals surface area contributed by atoms with E-state index in [4.69, 9.17) is 10.5 Å². The Bertz CT molecular complexity index is 498. The minimum Gasteiger partial charge on any atom is -0.481 e. The number of carbonyl (C=O) groups excluding carboxylic acids is 1. The highest BCUT2D eigenvalue weighted by Crippen LogP contribution is 2.48. The summed E-state index contributed by atoms with van der Waals surface area (Å²) in [5, 5.41) is 26.6. The maximum absolute atomic E-state index is 12.4. The van der Waals surface area contributed by atoms with Crippen molar-refractivity contribution in [1.82, 2.24) is 4.90 Å². The van der Waals surface area contributed by atoms with Crippen LogP contribution in [0.1, 0.15) is 6.42 Å². The summed E-state index contributed by atoms with van der Waals surface area (Å²) in [5.41, 5.74) is 0. The van der Waals surface area contributed by atoms with Gasteiger partial charge in [0.25, 0.3) is 0 Å². The lowest BCUT2D eigenvalue weighted by molar-refractivity contribution is -0.150. The minimum absolute atomic E-state index is 0.0847. The van der Waals surface area contributed by atoms with Crippen molar-refractivity contribution >= 4 is 11.9 Å². The third kappa shape index (κ3) is 2.17. The van der Waals surface area contributed by atoms with Gasteiger partial charge in [-0.25, -0.2) is 0 Å². The summed E-state index contributed by atoms with van der Waals surface area (Å²) in [4.78, 5) is 24.8. The van der Waals surface area contributed by atoms with E-state index in [1.165, 1.54) is 0 Å². The molecule has 0 aliphatic heterocycles. The van der Waals surface area contributed by atoms with Gasteiger partial charge in [-0.1, -0.05) is 12.2 Å². The van der Waals surface area contributed by atoms with Gasteiger partial charge in [0.1, 0.15) is 13.1 Å². The highest BCUT2D eigenvalue weighted by atomic mass is 16.4. The second-order valence-corrected chi connectivity index (χ2v) is 4.85. The Kier molecular flexibility index (Phi) is 3.52. The predicted molar refractivity (Wildman–Crippen MR) is 63.2 cm³/mol. The number of allylic oxidation sites excluding steroid dienone is 2. The van der Waals surface area contributed by atoms with E-state index in [1.54, 1.807) is 0 Å². The van der Waals surface area contributed by atoms with Crippen molar-refractivity contribution in [2.45, 2.75) is 6.42 Å². The Morgan fingerprint density at radius 1 is 1.16 bits per heavy atom.